The smallest absolute Gasteiger partial charge is 0.348 e. The van der Waals surface area contributed by atoms with Crippen molar-refractivity contribution >= 4 is 41.8 Å². The van der Waals surface area contributed by atoms with Gasteiger partial charge in [0.1, 0.15) is 41.2 Å². The molecule has 3 aliphatic heterocycles. The Kier molecular flexibility index (Phi) is 8.86. The molecule has 1 aromatic heterocycles. The summed E-state index contributed by atoms with van der Waals surface area (Å²) in [5, 5.41) is 27.9. The van der Waals surface area contributed by atoms with E-state index in [9.17, 15) is 43.8 Å². The molecule has 0 amide bonds. The number of aliphatic hydroxyl groups excluding tert-OH is 1. The fraction of sp³-hybridized carbons (Fsp3) is 0.744. The van der Waals surface area contributed by atoms with E-state index in [0.29, 0.717) is 0 Å². The van der Waals surface area contributed by atoms with Gasteiger partial charge in [0.15, 0.2) is 6.10 Å². The van der Waals surface area contributed by atoms with Crippen LogP contribution in [0.25, 0.3) is 0 Å². The number of esters is 7. The summed E-state index contributed by atoms with van der Waals surface area (Å²) in [5.41, 5.74) is -18.2. The summed E-state index contributed by atoms with van der Waals surface area (Å²) >= 11 is 0. The number of ether oxygens (including phenoxy) is 10. The zero-order valence-electron chi connectivity index (χ0n) is 36.7. The average Bonchev–Trinajstić information content (AvgIpc) is 3.55. The van der Waals surface area contributed by atoms with Crippen molar-refractivity contribution in [1.29, 1.82) is 0 Å². The van der Waals surface area contributed by atoms with Gasteiger partial charge >= 0.3 is 41.8 Å². The number of carbonyl (C=O) groups is 7. The SMILES string of the molecule is COC(=O)C(OC(C)=O)C1C2(C)CC3(O)C(OC(=O)C(C)C)(C2OC(C)=O)C2OC4(C)OC5(C(O)C(OC(C)=O)C67CC6(C(OC(=O)C(C)C)C(=O)OC7c6ccoc6)C25O4)C13C. The lowest BCUT2D eigenvalue weighted by molar-refractivity contribution is -0.472. The maximum absolute atomic E-state index is 14.9. The van der Waals surface area contributed by atoms with Crippen LogP contribution >= 0.6 is 0 Å². The molecule has 20 nitrogen and oxygen atoms in total. The molecule has 2 N–H and O–H groups in total. The molecule has 17 atom stereocenters. The van der Waals surface area contributed by atoms with E-state index in [1.807, 2.05) is 0 Å². The van der Waals surface area contributed by atoms with Crippen LogP contribution in [0.3, 0.4) is 0 Å². The zero-order valence-corrected chi connectivity index (χ0v) is 36.7. The third-order valence-electron chi connectivity index (χ3n) is 16.0. The van der Waals surface area contributed by atoms with Gasteiger partial charge in [0, 0.05) is 50.0 Å². The second kappa shape index (κ2) is 12.8. The van der Waals surface area contributed by atoms with E-state index in [2.05, 4.69) is 0 Å². The first-order valence-electron chi connectivity index (χ1n) is 21.0. The van der Waals surface area contributed by atoms with E-state index in [4.69, 9.17) is 51.8 Å². The molecular weight excluding hydrogens is 836 g/mol. The molecule has 17 unspecified atom stereocenters. The first-order valence-corrected chi connectivity index (χ1v) is 21.0. The quantitative estimate of drug-likeness (QED) is 0.249. The van der Waals surface area contributed by atoms with Crippen LogP contribution in [0.4, 0.5) is 0 Å². The molecule has 5 saturated carbocycles. The Hall–Kier alpha value is -4.63. The highest BCUT2D eigenvalue weighted by Gasteiger charge is 3.12. The molecule has 1 spiro atoms. The summed E-state index contributed by atoms with van der Waals surface area (Å²) in [4.78, 5) is 97.5. The van der Waals surface area contributed by atoms with Gasteiger partial charge in [0.05, 0.1) is 42.3 Å². The van der Waals surface area contributed by atoms with Crippen molar-refractivity contribution in [3.8, 4) is 0 Å². The second-order valence-corrected chi connectivity index (χ2v) is 19.7. The molecule has 1 aromatic rings. The molecule has 4 bridgehead atoms. The summed E-state index contributed by atoms with van der Waals surface area (Å²) < 4.78 is 69.0. The highest BCUT2D eigenvalue weighted by Crippen LogP contribution is 2.96. The van der Waals surface area contributed by atoms with Gasteiger partial charge in [-0.15, -0.1) is 0 Å². The van der Waals surface area contributed by atoms with E-state index >= 15 is 0 Å². The number of aliphatic hydroxyl groups is 2. The normalized spacial score (nSPS) is 48.0. The third-order valence-corrected chi connectivity index (χ3v) is 16.0. The number of cyclic esters (lactones) is 1. The van der Waals surface area contributed by atoms with Gasteiger partial charge in [0.2, 0.25) is 17.8 Å². The number of furan rings is 1. The highest BCUT2D eigenvalue weighted by atomic mass is 17.0. The monoisotopic (exact) mass is 888 g/mol. The molecule has 20 heteroatoms. The van der Waals surface area contributed by atoms with Crippen molar-refractivity contribution in [2.24, 2.45) is 39.4 Å². The molecule has 3 saturated heterocycles. The van der Waals surface area contributed by atoms with Gasteiger partial charge in [-0.3, -0.25) is 24.0 Å². The van der Waals surface area contributed by atoms with Crippen molar-refractivity contribution in [2.45, 2.75) is 153 Å². The lowest BCUT2D eigenvalue weighted by Crippen LogP contribution is -2.97. The zero-order chi connectivity index (χ0) is 46.2. The van der Waals surface area contributed by atoms with Crippen LogP contribution in [-0.2, 0) is 80.9 Å². The minimum absolute atomic E-state index is 0.235. The average molecular weight is 889 g/mol. The number of methoxy groups -OCH3 is 1. The fourth-order valence-electron chi connectivity index (χ4n) is 14.5. The van der Waals surface area contributed by atoms with Crippen LogP contribution in [-0.4, -0.2) is 124 Å². The predicted octanol–water partition coefficient (Wildman–Crippen LogP) is 1.49. The van der Waals surface area contributed by atoms with Crippen molar-refractivity contribution in [3.05, 3.63) is 24.2 Å². The van der Waals surface area contributed by atoms with E-state index in [0.717, 1.165) is 27.9 Å². The predicted molar refractivity (Wildman–Crippen MR) is 200 cm³/mol. The topological polar surface area (TPSA) is 265 Å². The molecular formula is C43H52O20. The largest absolute Gasteiger partial charge is 0.472 e. The van der Waals surface area contributed by atoms with Gasteiger partial charge in [-0.2, -0.15) is 0 Å². The number of carbonyl (C=O) groups excluding carboxylic acids is 7. The molecule has 4 heterocycles. The second-order valence-electron chi connectivity index (χ2n) is 19.7. The lowest BCUT2D eigenvalue weighted by atomic mass is 9.33. The number of hydrogen-bond donors (Lipinski definition) is 2. The number of rotatable bonds is 10. The Morgan fingerprint density at radius 1 is 0.841 bits per heavy atom. The lowest BCUT2D eigenvalue weighted by Gasteiger charge is -2.77. The first kappa shape index (κ1) is 43.6. The summed E-state index contributed by atoms with van der Waals surface area (Å²) in [5.74, 6) is -12.6. The Bertz CT molecular complexity index is 2240. The first-order chi connectivity index (χ1) is 29.2. The molecule has 63 heavy (non-hydrogen) atoms. The summed E-state index contributed by atoms with van der Waals surface area (Å²) in [6.07, 6.45) is -11.3. The van der Waals surface area contributed by atoms with E-state index in [-0.39, 0.29) is 12.0 Å². The minimum Gasteiger partial charge on any atom is -0.472 e. The molecule has 8 aliphatic rings. The van der Waals surface area contributed by atoms with Gasteiger partial charge < -0.3 is 62.0 Å². The van der Waals surface area contributed by atoms with Crippen molar-refractivity contribution in [3.63, 3.8) is 0 Å². The van der Waals surface area contributed by atoms with Crippen molar-refractivity contribution < 1.29 is 95.6 Å². The molecule has 9 rings (SSSR count). The number of fused-ring (bicyclic) bond motifs is 3. The fourth-order valence-corrected chi connectivity index (χ4v) is 14.5. The minimum atomic E-state index is -2.64. The van der Waals surface area contributed by atoms with Crippen molar-refractivity contribution in [1.82, 2.24) is 0 Å². The Balaban J connectivity index is 1.47. The summed E-state index contributed by atoms with van der Waals surface area (Å²) in [6.45, 7) is 13.6. The van der Waals surface area contributed by atoms with Crippen LogP contribution in [0, 0.1) is 39.4 Å². The summed E-state index contributed by atoms with van der Waals surface area (Å²) in [7, 11) is 1.04. The van der Waals surface area contributed by atoms with Crippen LogP contribution in [0.1, 0.15) is 93.7 Å². The van der Waals surface area contributed by atoms with Crippen LogP contribution < -0.4 is 0 Å². The maximum Gasteiger partial charge on any atom is 0.348 e. The maximum atomic E-state index is 14.9. The van der Waals surface area contributed by atoms with E-state index < -0.39 is 159 Å². The molecule has 0 aromatic carbocycles. The van der Waals surface area contributed by atoms with Gasteiger partial charge in [0.25, 0.3) is 5.97 Å². The Labute approximate surface area is 360 Å². The van der Waals surface area contributed by atoms with Gasteiger partial charge in [-0.05, 0) is 18.9 Å². The van der Waals surface area contributed by atoms with Crippen LogP contribution in [0.5, 0.6) is 0 Å². The molecule has 8 fully saturated rings. The Morgan fingerprint density at radius 3 is 2.03 bits per heavy atom. The standard InChI is InChI=1S/C43H52O20/c1-17(2)29(48)59-28-32(51)58-26(22-12-13-54-14-22)38-16-39(28,38)43-34-41(60-30(49)18(3)4)33(57-21(7)46)35(8)15-40(41,52)36(9,24(35)23(31(50)53-11)55-19(5)44)42(43,62-37(10,61-34)63-43)25(47)27(38)56-20(6)45/h12-14,17-18,23-28,33-34,47,52H,15-16H2,1-11H3. The van der Waals surface area contributed by atoms with E-state index in [1.165, 1.54) is 67.1 Å². The highest BCUT2D eigenvalue weighted by molar-refractivity contribution is 5.86. The third kappa shape index (κ3) is 4.47. The van der Waals surface area contributed by atoms with Crippen LogP contribution in [0.2, 0.25) is 0 Å². The van der Waals surface area contributed by atoms with Crippen LogP contribution in [0.15, 0.2) is 23.0 Å². The summed E-state index contributed by atoms with van der Waals surface area (Å²) in [6, 6.07) is 1.49. The van der Waals surface area contributed by atoms with Gasteiger partial charge in [-0.25, -0.2) is 9.59 Å². The Morgan fingerprint density at radius 2 is 1.48 bits per heavy atom. The molecule has 5 aliphatic carbocycles. The molecule has 0 radical (unpaired) electrons. The molecule has 344 valence electrons. The van der Waals surface area contributed by atoms with E-state index in [1.54, 1.807) is 0 Å². The van der Waals surface area contributed by atoms with Gasteiger partial charge in [-0.1, -0.05) is 41.5 Å². The number of hydrogen-bond acceptors (Lipinski definition) is 20. The van der Waals surface area contributed by atoms with Crippen molar-refractivity contribution in [2.75, 3.05) is 7.11 Å².